The average molecular weight is 167 g/mol. The molecule has 1 heterocycles. The fourth-order valence-corrected chi connectivity index (χ4v) is 1.00. The topological polar surface area (TPSA) is 36.7 Å². The van der Waals surface area contributed by atoms with Gasteiger partial charge in [0.1, 0.15) is 5.15 Å². The van der Waals surface area contributed by atoms with E-state index < -0.39 is 0 Å². The molecule has 0 atom stereocenters. The van der Waals surface area contributed by atoms with Gasteiger partial charge in [-0.1, -0.05) is 11.6 Å². The Morgan fingerprint density at radius 3 is 3.09 bits per heavy atom. The third kappa shape index (κ3) is 1.69. The third-order valence-electron chi connectivity index (χ3n) is 1.52. The largest absolute Gasteiger partial charge is 0.244 e. The van der Waals surface area contributed by atoms with E-state index >= 15 is 0 Å². The van der Waals surface area contributed by atoms with Crippen molar-refractivity contribution in [2.45, 2.75) is 13.3 Å². The van der Waals surface area contributed by atoms with Crippen LogP contribution in [0.2, 0.25) is 5.15 Å². The Bertz CT molecular complexity index is 301. The molecule has 1 aromatic rings. The van der Waals surface area contributed by atoms with Crippen LogP contribution in [-0.2, 0) is 6.42 Å². The summed E-state index contributed by atoms with van der Waals surface area (Å²) < 4.78 is 0. The summed E-state index contributed by atoms with van der Waals surface area (Å²) in [5, 5.41) is 8.91. The van der Waals surface area contributed by atoms with Crippen LogP contribution in [0.1, 0.15) is 11.1 Å². The van der Waals surface area contributed by atoms with Gasteiger partial charge >= 0.3 is 0 Å². The summed E-state index contributed by atoms with van der Waals surface area (Å²) in [5.74, 6) is 0. The van der Waals surface area contributed by atoms with Gasteiger partial charge < -0.3 is 0 Å². The monoisotopic (exact) mass is 166 g/mol. The van der Waals surface area contributed by atoms with Gasteiger partial charge in [0.2, 0.25) is 0 Å². The van der Waals surface area contributed by atoms with Crippen LogP contribution in [0.3, 0.4) is 0 Å². The maximum Gasteiger partial charge on any atom is 0.132 e. The van der Waals surface area contributed by atoms with Gasteiger partial charge in [-0.05, 0) is 24.1 Å². The number of nitriles is 1. The van der Waals surface area contributed by atoms with Crippen molar-refractivity contribution in [3.8, 4) is 6.07 Å². The molecule has 56 valence electrons. The van der Waals surface area contributed by atoms with Crippen molar-refractivity contribution in [2.75, 3.05) is 0 Å². The van der Waals surface area contributed by atoms with E-state index in [1.165, 1.54) is 0 Å². The smallest absolute Gasteiger partial charge is 0.132 e. The highest BCUT2D eigenvalue weighted by Crippen LogP contribution is 2.15. The molecule has 0 spiro atoms. The fourth-order valence-electron chi connectivity index (χ4n) is 0.824. The molecule has 0 aliphatic rings. The van der Waals surface area contributed by atoms with Crippen LogP contribution in [0.4, 0.5) is 0 Å². The third-order valence-corrected chi connectivity index (χ3v) is 1.91. The first kappa shape index (κ1) is 8.03. The minimum Gasteiger partial charge on any atom is -0.244 e. The van der Waals surface area contributed by atoms with Crippen molar-refractivity contribution in [3.05, 3.63) is 28.5 Å². The van der Waals surface area contributed by atoms with E-state index in [0.29, 0.717) is 11.6 Å². The Balaban J connectivity index is 3.08. The zero-order valence-corrected chi connectivity index (χ0v) is 6.89. The van der Waals surface area contributed by atoms with Crippen molar-refractivity contribution in [1.29, 1.82) is 5.26 Å². The first-order chi connectivity index (χ1) is 5.25. The number of hydrogen-bond donors (Lipinski definition) is 0. The molecule has 1 rings (SSSR count). The number of nitrogens with zero attached hydrogens (tertiary/aromatic N) is 2. The van der Waals surface area contributed by atoms with Crippen molar-refractivity contribution < 1.29 is 0 Å². The lowest BCUT2D eigenvalue weighted by atomic mass is 10.1. The normalized spacial score (nSPS) is 9.18. The molecule has 3 heteroatoms. The summed E-state index contributed by atoms with van der Waals surface area (Å²) in [4.78, 5) is 3.88. The van der Waals surface area contributed by atoms with Gasteiger partial charge in [0.25, 0.3) is 0 Å². The van der Waals surface area contributed by atoms with E-state index in [1.54, 1.807) is 6.20 Å². The molecule has 0 amide bonds. The Kier molecular flexibility index (Phi) is 2.45. The molecule has 11 heavy (non-hydrogen) atoms. The Labute approximate surface area is 70.4 Å². The zero-order valence-electron chi connectivity index (χ0n) is 6.13. The first-order valence-corrected chi connectivity index (χ1v) is 3.60. The highest BCUT2D eigenvalue weighted by atomic mass is 35.5. The summed E-state index contributed by atoms with van der Waals surface area (Å²) in [5.41, 5.74) is 1.85. The van der Waals surface area contributed by atoms with Crippen LogP contribution in [-0.4, -0.2) is 4.98 Å². The SMILES string of the molecule is Cc1c(CC#N)ccnc1Cl. The van der Waals surface area contributed by atoms with Gasteiger partial charge in [0.05, 0.1) is 12.5 Å². The van der Waals surface area contributed by atoms with Crippen molar-refractivity contribution in [1.82, 2.24) is 4.98 Å². The van der Waals surface area contributed by atoms with Gasteiger partial charge in [0.15, 0.2) is 0 Å². The number of halogens is 1. The minimum atomic E-state index is 0.397. The Hall–Kier alpha value is -1.07. The van der Waals surface area contributed by atoms with Gasteiger partial charge in [-0.3, -0.25) is 0 Å². The van der Waals surface area contributed by atoms with E-state index in [4.69, 9.17) is 16.9 Å². The second-order valence-electron chi connectivity index (χ2n) is 2.22. The standard InChI is InChI=1S/C8H7ClN2/c1-6-7(2-4-10)3-5-11-8(6)9/h3,5H,2H2,1H3. The Morgan fingerprint density at radius 2 is 2.45 bits per heavy atom. The zero-order chi connectivity index (χ0) is 8.27. The molecule has 0 aliphatic carbocycles. The highest BCUT2D eigenvalue weighted by Gasteiger charge is 2.00. The number of aromatic nitrogens is 1. The molecule has 0 saturated heterocycles. The van der Waals surface area contributed by atoms with Crippen molar-refractivity contribution in [2.24, 2.45) is 0 Å². The molecule has 0 bridgehead atoms. The number of pyridine rings is 1. The number of rotatable bonds is 1. The summed E-state index contributed by atoms with van der Waals surface area (Å²) in [6, 6.07) is 3.88. The lowest BCUT2D eigenvalue weighted by Crippen LogP contribution is -1.89. The predicted molar refractivity (Wildman–Crippen MR) is 43.3 cm³/mol. The van der Waals surface area contributed by atoms with Gasteiger partial charge in [-0.15, -0.1) is 0 Å². The molecule has 0 saturated carbocycles. The lowest BCUT2D eigenvalue weighted by molar-refractivity contribution is 1.16. The second-order valence-corrected chi connectivity index (χ2v) is 2.58. The second kappa shape index (κ2) is 3.36. The molecule has 0 unspecified atom stereocenters. The van der Waals surface area contributed by atoms with Crippen LogP contribution < -0.4 is 0 Å². The van der Waals surface area contributed by atoms with E-state index in [2.05, 4.69) is 11.1 Å². The predicted octanol–water partition coefficient (Wildman–Crippen LogP) is 2.11. The van der Waals surface area contributed by atoms with E-state index in [-0.39, 0.29) is 0 Å². The number of hydrogen-bond acceptors (Lipinski definition) is 2. The van der Waals surface area contributed by atoms with Crippen molar-refractivity contribution in [3.63, 3.8) is 0 Å². The maximum absolute atomic E-state index is 8.42. The van der Waals surface area contributed by atoms with Crippen LogP contribution in [0.5, 0.6) is 0 Å². The molecule has 1 aromatic heterocycles. The molecule has 0 N–H and O–H groups in total. The van der Waals surface area contributed by atoms with Crippen molar-refractivity contribution >= 4 is 11.6 Å². The molecule has 0 aromatic carbocycles. The summed E-state index contributed by atoms with van der Waals surface area (Å²) in [7, 11) is 0. The summed E-state index contributed by atoms with van der Waals surface area (Å²) >= 11 is 5.73. The molecule has 0 aliphatic heterocycles. The Morgan fingerprint density at radius 1 is 1.73 bits per heavy atom. The minimum absolute atomic E-state index is 0.397. The molecular weight excluding hydrogens is 160 g/mol. The molecule has 2 nitrogen and oxygen atoms in total. The van der Waals surface area contributed by atoms with E-state index in [9.17, 15) is 0 Å². The molecular formula is C8H7ClN2. The van der Waals surface area contributed by atoms with Crippen LogP contribution in [0.25, 0.3) is 0 Å². The highest BCUT2D eigenvalue weighted by molar-refractivity contribution is 6.30. The van der Waals surface area contributed by atoms with Gasteiger partial charge in [-0.25, -0.2) is 4.98 Å². The molecule has 0 radical (unpaired) electrons. The van der Waals surface area contributed by atoms with Gasteiger partial charge in [-0.2, -0.15) is 5.26 Å². The first-order valence-electron chi connectivity index (χ1n) is 3.22. The average Bonchev–Trinajstić information content (AvgIpc) is 1.99. The van der Waals surface area contributed by atoms with Gasteiger partial charge in [0, 0.05) is 6.20 Å². The van der Waals surface area contributed by atoms with E-state index in [1.807, 2.05) is 13.0 Å². The van der Waals surface area contributed by atoms with E-state index in [0.717, 1.165) is 11.1 Å². The lowest BCUT2D eigenvalue weighted by Gasteiger charge is -2.00. The summed E-state index contributed by atoms with van der Waals surface area (Å²) in [6.45, 7) is 1.86. The quantitative estimate of drug-likeness (QED) is 0.600. The van der Waals surface area contributed by atoms with Crippen LogP contribution in [0, 0.1) is 18.3 Å². The maximum atomic E-state index is 8.42. The van der Waals surface area contributed by atoms with Crippen LogP contribution >= 0.6 is 11.6 Å². The summed E-state index contributed by atoms with van der Waals surface area (Å²) in [6.07, 6.45) is 2.01. The fraction of sp³-hybridized carbons (Fsp3) is 0.250. The van der Waals surface area contributed by atoms with Crippen LogP contribution in [0.15, 0.2) is 12.3 Å². The molecule has 0 fully saturated rings.